The highest BCUT2D eigenvalue weighted by Crippen LogP contribution is 2.39. The number of nitrogens with zero attached hydrogens (tertiary/aromatic N) is 5. The van der Waals surface area contributed by atoms with Gasteiger partial charge in [0, 0.05) is 12.1 Å². The highest BCUT2D eigenvalue weighted by molar-refractivity contribution is 6.28. The molecular weight excluding hydrogens is 386 g/mol. The summed E-state index contributed by atoms with van der Waals surface area (Å²) in [5.74, 6) is 2.67. The Morgan fingerprint density at radius 3 is 2.50 bits per heavy atom. The number of imidazole rings is 1. The van der Waals surface area contributed by atoms with Gasteiger partial charge in [0.1, 0.15) is 18.0 Å². The molecule has 11 heteroatoms. The third-order valence-corrected chi connectivity index (χ3v) is 4.23. The van der Waals surface area contributed by atoms with Crippen molar-refractivity contribution in [2.45, 2.75) is 0 Å². The van der Waals surface area contributed by atoms with Crippen LogP contribution in [0, 0.1) is 0 Å². The second kappa shape index (κ2) is 7.24. The smallest absolute Gasteiger partial charge is 0.226 e. The van der Waals surface area contributed by atoms with Gasteiger partial charge in [0.25, 0.3) is 0 Å². The van der Waals surface area contributed by atoms with Crippen LogP contribution in [0.5, 0.6) is 17.2 Å². The number of ether oxygens (including phenoxy) is 3. The molecule has 0 bridgehead atoms. The number of rotatable bonds is 6. The fraction of sp³-hybridized carbons (Fsp3) is 0.176. The normalized spacial score (nSPS) is 10.9. The molecule has 2 N–H and O–H groups in total. The number of anilines is 2. The summed E-state index contributed by atoms with van der Waals surface area (Å²) in [5, 5.41) is 10.7. The van der Waals surface area contributed by atoms with Gasteiger partial charge >= 0.3 is 0 Å². The van der Waals surface area contributed by atoms with E-state index in [4.69, 9.17) is 25.8 Å². The SMILES string of the molecule is COc1cc(-n2cnc(Nc3nc(Cl)nc4[nH]ncc34)c2)cc(OC)c1OC. The summed E-state index contributed by atoms with van der Waals surface area (Å²) in [5.41, 5.74) is 1.32. The first-order chi connectivity index (χ1) is 13.6. The molecule has 10 nitrogen and oxygen atoms in total. The summed E-state index contributed by atoms with van der Waals surface area (Å²) in [4.78, 5) is 12.6. The monoisotopic (exact) mass is 401 g/mol. The van der Waals surface area contributed by atoms with Crippen molar-refractivity contribution in [3.05, 3.63) is 36.1 Å². The van der Waals surface area contributed by atoms with Gasteiger partial charge in [-0.15, -0.1) is 0 Å². The van der Waals surface area contributed by atoms with Crippen LogP contribution in [0.2, 0.25) is 5.28 Å². The fourth-order valence-corrected chi connectivity index (χ4v) is 2.94. The van der Waals surface area contributed by atoms with Crippen LogP contribution in [0.4, 0.5) is 11.6 Å². The van der Waals surface area contributed by atoms with Crippen LogP contribution in [-0.4, -0.2) is 51.0 Å². The van der Waals surface area contributed by atoms with Crippen molar-refractivity contribution in [3.8, 4) is 22.9 Å². The van der Waals surface area contributed by atoms with Gasteiger partial charge in [0.15, 0.2) is 17.1 Å². The van der Waals surface area contributed by atoms with Crippen LogP contribution in [0.25, 0.3) is 16.7 Å². The number of H-pyrrole nitrogens is 1. The van der Waals surface area contributed by atoms with Crippen LogP contribution >= 0.6 is 11.6 Å². The molecule has 1 aromatic carbocycles. The van der Waals surface area contributed by atoms with Gasteiger partial charge < -0.3 is 24.1 Å². The first-order valence-corrected chi connectivity index (χ1v) is 8.48. The molecule has 0 spiro atoms. The minimum atomic E-state index is 0.100. The Morgan fingerprint density at radius 1 is 1.07 bits per heavy atom. The van der Waals surface area contributed by atoms with E-state index in [2.05, 4.69) is 30.5 Å². The molecule has 3 heterocycles. The molecule has 4 aromatic rings. The molecule has 3 aromatic heterocycles. The molecule has 0 saturated carbocycles. The number of aromatic amines is 1. The lowest BCUT2D eigenvalue weighted by atomic mass is 10.2. The third-order valence-electron chi connectivity index (χ3n) is 4.06. The number of nitrogens with one attached hydrogen (secondary N) is 2. The largest absolute Gasteiger partial charge is 0.493 e. The summed E-state index contributed by atoms with van der Waals surface area (Å²) in [6, 6.07) is 3.64. The van der Waals surface area contributed by atoms with E-state index in [0.717, 1.165) is 5.69 Å². The molecule has 0 aliphatic rings. The van der Waals surface area contributed by atoms with E-state index in [0.29, 0.717) is 39.9 Å². The van der Waals surface area contributed by atoms with Crippen molar-refractivity contribution >= 4 is 34.3 Å². The number of benzene rings is 1. The van der Waals surface area contributed by atoms with E-state index in [1.54, 1.807) is 40.1 Å². The Labute approximate surface area is 164 Å². The predicted octanol–water partition coefficient (Wildman–Crippen LogP) is 2.96. The summed E-state index contributed by atoms with van der Waals surface area (Å²) in [6.45, 7) is 0. The molecule has 28 heavy (non-hydrogen) atoms. The average Bonchev–Trinajstić information content (AvgIpc) is 3.36. The van der Waals surface area contributed by atoms with Gasteiger partial charge in [-0.05, 0) is 11.6 Å². The lowest BCUT2D eigenvalue weighted by Gasteiger charge is -2.14. The standard InChI is InChI=1S/C17H16ClN7O3/c1-26-11-4-9(5-12(27-2)14(11)28-3)25-7-13(19-8-25)21-15-10-6-20-24-16(10)23-17(18)22-15/h4-8H,1-3H3,(H2,20,21,22,23,24). The zero-order chi connectivity index (χ0) is 19.7. The molecule has 0 aliphatic heterocycles. The summed E-state index contributed by atoms with van der Waals surface area (Å²) < 4.78 is 18.0. The topological polar surface area (TPSA) is 112 Å². The van der Waals surface area contributed by atoms with E-state index in [-0.39, 0.29) is 5.28 Å². The number of aromatic nitrogens is 6. The minimum Gasteiger partial charge on any atom is -0.493 e. The van der Waals surface area contributed by atoms with E-state index >= 15 is 0 Å². The van der Waals surface area contributed by atoms with E-state index < -0.39 is 0 Å². The van der Waals surface area contributed by atoms with Crippen molar-refractivity contribution in [1.82, 2.24) is 29.7 Å². The zero-order valence-corrected chi connectivity index (χ0v) is 16.0. The highest BCUT2D eigenvalue weighted by atomic mass is 35.5. The lowest BCUT2D eigenvalue weighted by molar-refractivity contribution is 0.324. The van der Waals surface area contributed by atoms with Crippen LogP contribution in [0.1, 0.15) is 0 Å². The Hall–Kier alpha value is -3.53. The van der Waals surface area contributed by atoms with E-state index in [1.807, 2.05) is 16.7 Å². The van der Waals surface area contributed by atoms with Crippen LogP contribution in [0.3, 0.4) is 0 Å². The average molecular weight is 402 g/mol. The Balaban J connectivity index is 1.69. The van der Waals surface area contributed by atoms with Gasteiger partial charge in [0.2, 0.25) is 11.0 Å². The molecule has 0 amide bonds. The van der Waals surface area contributed by atoms with Gasteiger partial charge in [0.05, 0.1) is 44.8 Å². The van der Waals surface area contributed by atoms with E-state index in [1.165, 1.54) is 0 Å². The van der Waals surface area contributed by atoms with Crippen molar-refractivity contribution in [3.63, 3.8) is 0 Å². The Kier molecular flexibility index (Phi) is 4.62. The Morgan fingerprint density at radius 2 is 1.82 bits per heavy atom. The van der Waals surface area contributed by atoms with Gasteiger partial charge in [-0.1, -0.05) is 0 Å². The fourth-order valence-electron chi connectivity index (χ4n) is 2.77. The van der Waals surface area contributed by atoms with Crippen LogP contribution in [0.15, 0.2) is 30.9 Å². The summed E-state index contributed by atoms with van der Waals surface area (Å²) >= 11 is 5.97. The number of hydrogen-bond donors (Lipinski definition) is 2. The molecule has 0 unspecified atom stereocenters. The van der Waals surface area contributed by atoms with Gasteiger partial charge in [-0.3, -0.25) is 5.10 Å². The molecule has 0 saturated heterocycles. The maximum Gasteiger partial charge on any atom is 0.226 e. The molecular formula is C17H16ClN7O3. The van der Waals surface area contributed by atoms with Crippen LogP contribution < -0.4 is 19.5 Å². The first kappa shape index (κ1) is 17.9. The Bertz CT molecular complexity index is 1120. The number of fused-ring (bicyclic) bond motifs is 1. The lowest BCUT2D eigenvalue weighted by Crippen LogP contribution is -1.99. The number of hydrogen-bond acceptors (Lipinski definition) is 8. The number of methoxy groups -OCH3 is 3. The van der Waals surface area contributed by atoms with Crippen molar-refractivity contribution in [2.75, 3.05) is 26.6 Å². The summed E-state index contributed by atoms with van der Waals surface area (Å²) in [7, 11) is 4.69. The van der Waals surface area contributed by atoms with Crippen LogP contribution in [-0.2, 0) is 0 Å². The van der Waals surface area contributed by atoms with Crippen molar-refractivity contribution in [2.24, 2.45) is 0 Å². The van der Waals surface area contributed by atoms with E-state index in [9.17, 15) is 0 Å². The maximum atomic E-state index is 5.97. The molecule has 0 atom stereocenters. The second-order valence-corrected chi connectivity index (χ2v) is 5.99. The molecule has 4 rings (SSSR count). The quantitative estimate of drug-likeness (QED) is 0.474. The van der Waals surface area contributed by atoms with Gasteiger partial charge in [-0.2, -0.15) is 15.1 Å². The molecule has 0 aliphatic carbocycles. The van der Waals surface area contributed by atoms with Crippen molar-refractivity contribution < 1.29 is 14.2 Å². The minimum absolute atomic E-state index is 0.100. The second-order valence-electron chi connectivity index (χ2n) is 5.65. The first-order valence-electron chi connectivity index (χ1n) is 8.11. The number of halogens is 1. The third kappa shape index (κ3) is 3.14. The molecule has 0 fully saturated rings. The van der Waals surface area contributed by atoms with Gasteiger partial charge in [-0.25, -0.2) is 4.98 Å². The van der Waals surface area contributed by atoms with Crippen molar-refractivity contribution in [1.29, 1.82) is 0 Å². The molecule has 144 valence electrons. The maximum absolute atomic E-state index is 5.97. The highest BCUT2D eigenvalue weighted by Gasteiger charge is 2.15. The predicted molar refractivity (Wildman–Crippen MR) is 103 cm³/mol. The summed E-state index contributed by atoms with van der Waals surface area (Å²) in [6.07, 6.45) is 5.06. The molecule has 0 radical (unpaired) electrons. The zero-order valence-electron chi connectivity index (χ0n) is 15.2.